The van der Waals surface area contributed by atoms with E-state index in [9.17, 15) is 9.90 Å². The molecule has 0 aliphatic carbocycles. The van der Waals surface area contributed by atoms with E-state index in [2.05, 4.69) is 24.0 Å². The third-order valence-corrected chi connectivity index (χ3v) is 5.90. The van der Waals surface area contributed by atoms with Gasteiger partial charge in [-0.15, -0.1) is 0 Å². The summed E-state index contributed by atoms with van der Waals surface area (Å²) >= 11 is 0. The molecule has 3 N–H and O–H groups in total. The fourth-order valence-corrected chi connectivity index (χ4v) is 3.86. The summed E-state index contributed by atoms with van der Waals surface area (Å²) in [6.07, 6.45) is 4.15. The van der Waals surface area contributed by atoms with E-state index in [1.165, 1.54) is 5.56 Å². The van der Waals surface area contributed by atoms with Crippen LogP contribution in [0.2, 0.25) is 0 Å². The average molecular weight is 467 g/mol. The monoisotopic (exact) mass is 466 g/mol. The summed E-state index contributed by atoms with van der Waals surface area (Å²) in [7, 11) is 3.23. The number of aldehydes is 1. The minimum absolute atomic E-state index is 0.178. The number of nitrogens with zero attached hydrogens (tertiary/aromatic N) is 1. The van der Waals surface area contributed by atoms with E-state index in [-0.39, 0.29) is 11.3 Å². The van der Waals surface area contributed by atoms with Crippen LogP contribution in [0.1, 0.15) is 50.7 Å². The van der Waals surface area contributed by atoms with Crippen LogP contribution in [0.25, 0.3) is 5.70 Å². The van der Waals surface area contributed by atoms with Crippen molar-refractivity contribution in [3.05, 3.63) is 76.6 Å². The molecule has 2 rings (SSSR count). The van der Waals surface area contributed by atoms with E-state index in [4.69, 9.17) is 15.2 Å². The Hall–Kier alpha value is -3.25. The number of nitrogens with two attached hydrogens (primary N) is 1. The van der Waals surface area contributed by atoms with Crippen LogP contribution in [0.3, 0.4) is 0 Å². The van der Waals surface area contributed by atoms with Gasteiger partial charge < -0.3 is 20.3 Å². The summed E-state index contributed by atoms with van der Waals surface area (Å²) in [5, 5.41) is 10.8. The summed E-state index contributed by atoms with van der Waals surface area (Å²) in [6.45, 7) is 6.54. The Morgan fingerprint density at radius 1 is 1.06 bits per heavy atom. The Bertz CT molecular complexity index is 997. The lowest BCUT2D eigenvalue weighted by molar-refractivity contribution is -0.104. The Morgan fingerprint density at radius 2 is 1.79 bits per heavy atom. The van der Waals surface area contributed by atoms with Gasteiger partial charge in [-0.1, -0.05) is 37.6 Å². The van der Waals surface area contributed by atoms with Gasteiger partial charge >= 0.3 is 0 Å². The van der Waals surface area contributed by atoms with Crippen LogP contribution in [-0.2, 0) is 11.3 Å². The van der Waals surface area contributed by atoms with E-state index in [0.717, 1.165) is 44.6 Å². The van der Waals surface area contributed by atoms with E-state index < -0.39 is 0 Å². The molecule has 184 valence electrons. The van der Waals surface area contributed by atoms with E-state index >= 15 is 0 Å². The minimum Gasteiger partial charge on any atom is -0.512 e. The zero-order valence-corrected chi connectivity index (χ0v) is 20.8. The molecular formula is C28H38N2O4. The topological polar surface area (TPSA) is 85.0 Å². The first kappa shape index (κ1) is 27.0. The molecular weight excluding hydrogens is 428 g/mol. The molecule has 0 spiro atoms. The maximum absolute atomic E-state index is 11.9. The molecule has 2 aromatic rings. The number of aliphatic hydroxyl groups is 1. The normalized spacial score (nSPS) is 12.7. The molecule has 0 aromatic heterocycles. The number of hydrogen-bond donors (Lipinski definition) is 2. The molecule has 0 amide bonds. The van der Waals surface area contributed by atoms with Crippen LogP contribution >= 0.6 is 0 Å². The highest BCUT2D eigenvalue weighted by Crippen LogP contribution is 2.28. The van der Waals surface area contributed by atoms with Gasteiger partial charge in [-0.2, -0.15) is 0 Å². The van der Waals surface area contributed by atoms with Gasteiger partial charge in [0.2, 0.25) is 0 Å². The van der Waals surface area contributed by atoms with Crippen LogP contribution in [0, 0.1) is 0 Å². The lowest BCUT2D eigenvalue weighted by Crippen LogP contribution is -2.25. The number of rotatable bonds is 14. The molecule has 0 heterocycles. The lowest BCUT2D eigenvalue weighted by atomic mass is 9.99. The van der Waals surface area contributed by atoms with E-state index in [0.29, 0.717) is 35.3 Å². The standard InChI is InChI=1S/C28H38N2O4/c1-5-6-16-30(19-22-11-9-12-23(18-22)33-3)17-10-14-26(32)21(2)25(20-31)28(29)24-13-7-8-15-27(24)34-4/h7-9,11-13,15,18,20,32H,5-6,10,14,16-17,19,29H2,1-4H3/b26-21-,28-25-. The molecule has 0 saturated carbocycles. The third kappa shape index (κ3) is 7.66. The van der Waals surface area contributed by atoms with Crippen molar-refractivity contribution in [1.29, 1.82) is 0 Å². The molecule has 6 heteroatoms. The van der Waals surface area contributed by atoms with Crippen molar-refractivity contribution in [3.8, 4) is 11.5 Å². The average Bonchev–Trinajstić information content (AvgIpc) is 2.87. The molecule has 0 aliphatic heterocycles. The van der Waals surface area contributed by atoms with Crippen molar-refractivity contribution in [2.24, 2.45) is 5.73 Å². The number of unbranched alkanes of at least 4 members (excludes halogenated alkanes) is 1. The second-order valence-electron chi connectivity index (χ2n) is 8.30. The van der Waals surface area contributed by atoms with Crippen molar-refractivity contribution < 1.29 is 19.4 Å². The summed E-state index contributed by atoms with van der Waals surface area (Å²) in [4.78, 5) is 14.3. The summed E-state index contributed by atoms with van der Waals surface area (Å²) in [5.74, 6) is 1.61. The second kappa shape index (κ2) is 14.1. The second-order valence-corrected chi connectivity index (χ2v) is 8.30. The highest BCUT2D eigenvalue weighted by molar-refractivity contribution is 5.93. The van der Waals surface area contributed by atoms with Gasteiger partial charge in [0, 0.05) is 24.1 Å². The smallest absolute Gasteiger partial charge is 0.152 e. The number of hydrogen-bond acceptors (Lipinski definition) is 6. The maximum atomic E-state index is 11.9. The highest BCUT2D eigenvalue weighted by atomic mass is 16.5. The number of aliphatic hydroxyl groups excluding tert-OH is 1. The summed E-state index contributed by atoms with van der Waals surface area (Å²) in [5.41, 5.74) is 9.20. The molecule has 0 fully saturated rings. The Labute approximate surface area is 203 Å². The van der Waals surface area contributed by atoms with Crippen molar-refractivity contribution in [1.82, 2.24) is 4.90 Å². The fraction of sp³-hybridized carbons (Fsp3) is 0.393. The first-order valence-corrected chi connectivity index (χ1v) is 11.8. The quantitative estimate of drug-likeness (QED) is 0.166. The minimum atomic E-state index is 0.178. The molecule has 0 radical (unpaired) electrons. The summed E-state index contributed by atoms with van der Waals surface area (Å²) < 4.78 is 10.7. The van der Waals surface area contributed by atoms with Gasteiger partial charge in [0.1, 0.15) is 11.5 Å². The number of benzene rings is 2. The zero-order chi connectivity index (χ0) is 24.9. The molecule has 2 aromatic carbocycles. The van der Waals surface area contributed by atoms with Crippen molar-refractivity contribution in [2.75, 3.05) is 27.3 Å². The molecule has 0 unspecified atom stereocenters. The van der Waals surface area contributed by atoms with Crippen molar-refractivity contribution in [2.45, 2.75) is 46.1 Å². The van der Waals surface area contributed by atoms with E-state index in [1.54, 1.807) is 33.3 Å². The van der Waals surface area contributed by atoms with Crippen molar-refractivity contribution in [3.63, 3.8) is 0 Å². The molecule has 6 nitrogen and oxygen atoms in total. The molecule has 0 bridgehead atoms. The largest absolute Gasteiger partial charge is 0.512 e. The number of methoxy groups -OCH3 is 2. The number of para-hydroxylation sites is 1. The number of carbonyl (C=O) groups is 1. The molecule has 34 heavy (non-hydrogen) atoms. The van der Waals surface area contributed by atoms with Gasteiger partial charge in [0.25, 0.3) is 0 Å². The van der Waals surface area contributed by atoms with Gasteiger partial charge in [0.15, 0.2) is 6.29 Å². The molecule has 0 atom stereocenters. The van der Waals surface area contributed by atoms with Gasteiger partial charge in [-0.25, -0.2) is 0 Å². The van der Waals surface area contributed by atoms with E-state index in [1.807, 2.05) is 24.3 Å². The van der Waals surface area contributed by atoms with Gasteiger partial charge in [-0.3, -0.25) is 9.69 Å². The van der Waals surface area contributed by atoms with Gasteiger partial charge in [0.05, 0.1) is 25.7 Å². The lowest BCUT2D eigenvalue weighted by Gasteiger charge is -2.22. The Kier molecular flexibility index (Phi) is 11.2. The first-order valence-electron chi connectivity index (χ1n) is 11.8. The first-order chi connectivity index (χ1) is 16.4. The van der Waals surface area contributed by atoms with Crippen LogP contribution in [0.5, 0.6) is 11.5 Å². The fourth-order valence-electron chi connectivity index (χ4n) is 3.86. The molecule has 0 aliphatic rings. The van der Waals surface area contributed by atoms with Crippen LogP contribution in [0.15, 0.2) is 65.4 Å². The number of carbonyl (C=O) groups excluding carboxylic acids is 1. The number of allylic oxidation sites excluding steroid dienone is 3. The molecule has 0 saturated heterocycles. The van der Waals surface area contributed by atoms with Crippen LogP contribution < -0.4 is 15.2 Å². The Morgan fingerprint density at radius 3 is 2.47 bits per heavy atom. The predicted molar refractivity (Wildman–Crippen MR) is 138 cm³/mol. The number of ether oxygens (including phenoxy) is 2. The van der Waals surface area contributed by atoms with Gasteiger partial charge in [-0.05, 0) is 68.3 Å². The SMILES string of the molecule is CCCCN(CCC/C(O)=C(C)/C(C=O)=C(\N)c1ccccc1OC)Cc1cccc(OC)c1. The van der Waals surface area contributed by atoms with Crippen LogP contribution in [0.4, 0.5) is 0 Å². The maximum Gasteiger partial charge on any atom is 0.152 e. The Balaban J connectivity index is 2.12. The van der Waals surface area contributed by atoms with Crippen LogP contribution in [-0.4, -0.2) is 43.6 Å². The summed E-state index contributed by atoms with van der Waals surface area (Å²) in [6, 6.07) is 15.4. The highest BCUT2D eigenvalue weighted by Gasteiger charge is 2.15. The van der Waals surface area contributed by atoms with Crippen molar-refractivity contribution >= 4 is 12.0 Å². The third-order valence-electron chi connectivity index (χ3n) is 5.90. The zero-order valence-electron chi connectivity index (χ0n) is 20.8. The predicted octanol–water partition coefficient (Wildman–Crippen LogP) is 5.49.